The first-order valence-electron chi connectivity index (χ1n) is 11.8. The molecule has 1 aromatic heterocycles. The van der Waals surface area contributed by atoms with Crippen molar-refractivity contribution < 1.29 is 27.4 Å². The van der Waals surface area contributed by atoms with E-state index in [0.29, 0.717) is 24.2 Å². The van der Waals surface area contributed by atoms with E-state index in [9.17, 15) is 18.0 Å². The zero-order valence-corrected chi connectivity index (χ0v) is 20.2. The van der Waals surface area contributed by atoms with E-state index in [1.54, 1.807) is 30.5 Å². The lowest BCUT2D eigenvalue weighted by atomic mass is 9.87. The normalized spacial score (nSPS) is 22.9. The van der Waals surface area contributed by atoms with Crippen LogP contribution in [0.5, 0.6) is 5.75 Å². The number of halogens is 3. The van der Waals surface area contributed by atoms with E-state index in [0.717, 1.165) is 29.9 Å². The monoisotopic (exact) mass is 497 g/mol. The molecule has 0 radical (unpaired) electrons. The molecule has 9 heteroatoms. The molecule has 2 aromatic carbocycles. The lowest BCUT2D eigenvalue weighted by molar-refractivity contribution is -0.153. The number of hydrogen-bond acceptors (Lipinski definition) is 4. The van der Waals surface area contributed by atoms with Crippen molar-refractivity contribution in [2.75, 3.05) is 7.11 Å². The second-order valence-electron chi connectivity index (χ2n) is 9.21. The molecule has 0 saturated carbocycles. The first-order chi connectivity index (χ1) is 17.3. The molecule has 188 valence electrons. The van der Waals surface area contributed by atoms with Crippen molar-refractivity contribution in [3.63, 3.8) is 0 Å². The van der Waals surface area contributed by atoms with Gasteiger partial charge in [0, 0.05) is 6.20 Å². The molecular formula is C27H26F3N3O3. The number of ether oxygens (including phenoxy) is 2. The molecule has 0 N–H and O–H groups in total. The summed E-state index contributed by atoms with van der Waals surface area (Å²) in [5.74, 6) is -3.71. The Balaban J connectivity index is 1.49. The van der Waals surface area contributed by atoms with Gasteiger partial charge in [0.15, 0.2) is 23.2 Å². The maximum Gasteiger partial charge on any atom is 0.289 e. The molecule has 3 unspecified atom stereocenters. The topological polar surface area (TPSA) is 56.6 Å². The fourth-order valence-electron chi connectivity index (χ4n) is 5.13. The summed E-state index contributed by atoms with van der Waals surface area (Å²) in [6.07, 6.45) is 6.84. The summed E-state index contributed by atoms with van der Waals surface area (Å²) >= 11 is 0. The Labute approximate surface area is 207 Å². The lowest BCUT2D eigenvalue weighted by Gasteiger charge is -2.48. The Morgan fingerprint density at radius 3 is 2.56 bits per heavy atom. The first-order valence-corrected chi connectivity index (χ1v) is 11.8. The number of benzene rings is 2. The van der Waals surface area contributed by atoms with Crippen LogP contribution in [-0.2, 0) is 9.53 Å². The third-order valence-corrected chi connectivity index (χ3v) is 6.85. The highest BCUT2D eigenvalue weighted by Gasteiger charge is 2.44. The maximum absolute atomic E-state index is 14.0. The number of rotatable bonds is 4. The predicted molar refractivity (Wildman–Crippen MR) is 127 cm³/mol. The Morgan fingerprint density at radius 1 is 1.14 bits per heavy atom. The van der Waals surface area contributed by atoms with Crippen molar-refractivity contribution in [3.05, 3.63) is 82.9 Å². The van der Waals surface area contributed by atoms with Crippen molar-refractivity contribution in [1.29, 1.82) is 0 Å². The fourth-order valence-corrected chi connectivity index (χ4v) is 5.13. The third-order valence-electron chi connectivity index (χ3n) is 6.85. The summed E-state index contributed by atoms with van der Waals surface area (Å²) in [6.45, 7) is 3.77. The van der Waals surface area contributed by atoms with Gasteiger partial charge in [-0.2, -0.15) is 0 Å². The van der Waals surface area contributed by atoms with Crippen molar-refractivity contribution in [2.45, 2.75) is 51.3 Å². The number of amides is 1. The molecule has 3 heterocycles. The highest BCUT2D eigenvalue weighted by atomic mass is 19.2. The van der Waals surface area contributed by atoms with Gasteiger partial charge in [0.25, 0.3) is 5.91 Å². The molecule has 0 bridgehead atoms. The van der Waals surface area contributed by atoms with Crippen molar-refractivity contribution in [3.8, 4) is 11.4 Å². The van der Waals surface area contributed by atoms with Gasteiger partial charge in [-0.3, -0.25) is 4.79 Å². The number of methoxy groups -OCH3 is 1. The number of piperidine rings is 1. The van der Waals surface area contributed by atoms with Crippen LogP contribution in [0.1, 0.15) is 49.0 Å². The summed E-state index contributed by atoms with van der Waals surface area (Å²) in [4.78, 5) is 19.5. The second-order valence-corrected chi connectivity index (χ2v) is 9.21. The molecule has 2 fully saturated rings. The maximum atomic E-state index is 14.0. The molecule has 3 aromatic rings. The van der Waals surface area contributed by atoms with Crippen LogP contribution in [0.3, 0.4) is 0 Å². The minimum Gasteiger partial charge on any atom is -0.495 e. The molecule has 3 atom stereocenters. The quantitative estimate of drug-likeness (QED) is 0.354. The van der Waals surface area contributed by atoms with Gasteiger partial charge in [0.1, 0.15) is 11.9 Å². The largest absolute Gasteiger partial charge is 0.495 e. The number of hydrogen-bond donors (Lipinski definition) is 0. The van der Waals surface area contributed by atoms with Gasteiger partial charge in [-0.25, -0.2) is 18.2 Å². The average Bonchev–Trinajstić information content (AvgIpc) is 3.30. The van der Waals surface area contributed by atoms with Crippen LogP contribution in [0.2, 0.25) is 0 Å². The van der Waals surface area contributed by atoms with Gasteiger partial charge in [-0.15, -0.1) is 0 Å². The summed E-state index contributed by atoms with van der Waals surface area (Å²) in [6, 6.07) is 6.60. The van der Waals surface area contributed by atoms with Gasteiger partial charge >= 0.3 is 0 Å². The number of imidazole rings is 1. The molecule has 2 aliphatic heterocycles. The Hall–Kier alpha value is -3.75. The molecular weight excluding hydrogens is 471 g/mol. The lowest BCUT2D eigenvalue weighted by Crippen LogP contribution is -2.55. The van der Waals surface area contributed by atoms with Crippen molar-refractivity contribution >= 4 is 12.0 Å². The number of aromatic nitrogens is 2. The summed E-state index contributed by atoms with van der Waals surface area (Å²) in [7, 11) is 1.56. The molecule has 2 aliphatic rings. The molecule has 0 spiro atoms. The highest BCUT2D eigenvalue weighted by Crippen LogP contribution is 2.41. The number of carbonyl (C=O) groups excluding carboxylic acids is 1. The van der Waals surface area contributed by atoms with Crippen LogP contribution in [0.25, 0.3) is 11.8 Å². The van der Waals surface area contributed by atoms with Gasteiger partial charge < -0.3 is 18.9 Å². The second kappa shape index (κ2) is 9.37. The fraction of sp³-hybridized carbons (Fsp3) is 0.333. The number of aryl methyl sites for hydroxylation is 1. The van der Waals surface area contributed by atoms with E-state index < -0.39 is 23.5 Å². The molecule has 5 rings (SSSR count). The van der Waals surface area contributed by atoms with E-state index in [4.69, 9.17) is 9.47 Å². The third kappa shape index (κ3) is 4.23. The summed E-state index contributed by atoms with van der Waals surface area (Å²) < 4.78 is 55.0. The zero-order valence-electron chi connectivity index (χ0n) is 20.2. The SMILES string of the molecule is COc1cc(C=C2OC(C)C3CCCC(c4cc(F)c(F)c(F)c4)N3C2=O)ccc1-n1cnc(C)c1. The molecule has 6 nitrogen and oxygen atoms in total. The van der Waals surface area contributed by atoms with Crippen LogP contribution >= 0.6 is 0 Å². The number of fused-ring (bicyclic) bond motifs is 1. The minimum atomic E-state index is -1.52. The van der Waals surface area contributed by atoms with Gasteiger partial charge in [0.2, 0.25) is 0 Å². The van der Waals surface area contributed by atoms with E-state index in [-0.39, 0.29) is 29.4 Å². The zero-order chi connectivity index (χ0) is 25.6. The van der Waals surface area contributed by atoms with E-state index in [1.165, 1.54) is 0 Å². The Bertz CT molecular complexity index is 1330. The van der Waals surface area contributed by atoms with Crippen molar-refractivity contribution in [2.24, 2.45) is 0 Å². The standard InChI is InChI=1S/C27H26F3N3O3/c1-15-13-32(14-31-15)23-8-7-17(9-24(23)35-3)10-25-27(34)33-21(16(2)36-25)5-4-6-22(33)18-11-19(28)26(30)20(29)12-18/h7-14,16,21-22H,4-6H2,1-3H3. The number of morpholine rings is 1. The first kappa shape index (κ1) is 24.0. The van der Waals surface area contributed by atoms with E-state index in [1.807, 2.05) is 36.7 Å². The molecule has 36 heavy (non-hydrogen) atoms. The predicted octanol–water partition coefficient (Wildman–Crippen LogP) is 5.49. The van der Waals surface area contributed by atoms with E-state index >= 15 is 0 Å². The number of nitrogens with zero attached hydrogens (tertiary/aromatic N) is 3. The highest BCUT2D eigenvalue weighted by molar-refractivity contribution is 5.97. The molecule has 0 aliphatic carbocycles. The molecule has 1 amide bonds. The van der Waals surface area contributed by atoms with Crippen molar-refractivity contribution in [1.82, 2.24) is 14.5 Å². The smallest absolute Gasteiger partial charge is 0.289 e. The van der Waals surface area contributed by atoms with Gasteiger partial charge in [0.05, 0.1) is 36.9 Å². The minimum absolute atomic E-state index is 0.127. The van der Waals surface area contributed by atoms with Gasteiger partial charge in [-0.1, -0.05) is 6.07 Å². The molecule has 2 saturated heterocycles. The average molecular weight is 498 g/mol. The van der Waals surface area contributed by atoms with Crippen LogP contribution in [-0.4, -0.2) is 39.6 Å². The number of carbonyl (C=O) groups is 1. The van der Waals surface area contributed by atoms with Crippen LogP contribution < -0.4 is 4.74 Å². The van der Waals surface area contributed by atoms with Crippen LogP contribution in [0.4, 0.5) is 13.2 Å². The Morgan fingerprint density at radius 2 is 1.89 bits per heavy atom. The van der Waals surface area contributed by atoms with Crippen LogP contribution in [0.15, 0.2) is 48.6 Å². The van der Waals surface area contributed by atoms with E-state index in [2.05, 4.69) is 4.98 Å². The summed E-state index contributed by atoms with van der Waals surface area (Å²) in [5.41, 5.74) is 2.58. The van der Waals surface area contributed by atoms with Crippen LogP contribution in [0, 0.1) is 24.4 Å². The summed E-state index contributed by atoms with van der Waals surface area (Å²) in [5, 5.41) is 0. The Kier molecular flexibility index (Phi) is 6.24. The van der Waals surface area contributed by atoms with Gasteiger partial charge in [-0.05, 0) is 74.6 Å².